The van der Waals surface area contributed by atoms with Crippen molar-refractivity contribution in [2.75, 3.05) is 51.5 Å². The number of nitriles is 1. The van der Waals surface area contributed by atoms with E-state index in [2.05, 4.69) is 26.9 Å². The van der Waals surface area contributed by atoms with Crippen LogP contribution in [0.15, 0.2) is 24.3 Å². The largest absolute Gasteiger partial charge is 0.508 e. The first-order chi connectivity index (χ1) is 25.5. The summed E-state index contributed by atoms with van der Waals surface area (Å²) in [5.74, 6) is 0.976. The summed E-state index contributed by atoms with van der Waals surface area (Å²) >= 11 is 0. The third-order valence-electron chi connectivity index (χ3n) is 11.7. The number of aromatic hydroxyl groups is 1. The van der Waals surface area contributed by atoms with Gasteiger partial charge in [-0.2, -0.15) is 15.2 Å². The van der Waals surface area contributed by atoms with E-state index in [0.717, 1.165) is 51.5 Å². The molecule has 13 heteroatoms. The van der Waals surface area contributed by atoms with E-state index in [1.54, 1.807) is 11.8 Å². The standard InChI is InChI=1S/C40H42F2N6O5/c1-4-27-29(41)9-8-24-17-26(49)18-28(31(24)27)34-33(42)35-32(37(44-34)51-3)36(47-13-14-52-21-39(2,50)20-47)46-38(45-35)53-22-40-10-5-7-30(40)48(12-6-11-40)25-15-23(16-25)19-43/h1,8-9,17-18,23,25,30,49-50H,5-7,10-16,20-22H2,2-3H3/t23?,25?,30-,39+,40?/m1/s1. The second-order valence-electron chi connectivity index (χ2n) is 15.3. The van der Waals surface area contributed by atoms with Gasteiger partial charge in [-0.15, -0.1) is 6.42 Å². The minimum Gasteiger partial charge on any atom is -0.508 e. The second-order valence-corrected chi connectivity index (χ2v) is 15.3. The minimum absolute atomic E-state index is 0.0218. The SMILES string of the molecule is C#Cc1c(F)ccc2cc(O)cc(-c3nc(OC)c4c(N5CCOC[C@@](C)(O)C5)nc(OCC56CCC[C@H]5N(C5CC(C#N)C5)CCC6)nc4c3F)c12. The number of phenols is 1. The van der Waals surface area contributed by atoms with Crippen LogP contribution in [0.3, 0.4) is 0 Å². The number of phenolic OH excluding ortho intramolecular Hbond substituents is 1. The van der Waals surface area contributed by atoms with Crippen molar-refractivity contribution in [1.82, 2.24) is 19.9 Å². The lowest BCUT2D eigenvalue weighted by Gasteiger charge is -2.52. The van der Waals surface area contributed by atoms with Crippen LogP contribution < -0.4 is 14.4 Å². The number of benzene rings is 2. The lowest BCUT2D eigenvalue weighted by atomic mass is 9.72. The van der Waals surface area contributed by atoms with Crippen molar-refractivity contribution in [1.29, 1.82) is 5.26 Å². The number of anilines is 1. The Bertz CT molecular complexity index is 2180. The molecule has 4 fully saturated rings. The van der Waals surface area contributed by atoms with E-state index < -0.39 is 17.2 Å². The maximum absolute atomic E-state index is 17.3. The summed E-state index contributed by atoms with van der Waals surface area (Å²) in [6, 6.07) is 8.43. The molecule has 2 aromatic heterocycles. The summed E-state index contributed by atoms with van der Waals surface area (Å²) in [5.41, 5.74) is -1.86. The zero-order valence-electron chi connectivity index (χ0n) is 29.9. The molecule has 2 aromatic carbocycles. The number of hydrogen-bond acceptors (Lipinski definition) is 11. The van der Waals surface area contributed by atoms with Crippen LogP contribution in [0.1, 0.15) is 57.4 Å². The van der Waals surface area contributed by atoms with Crippen LogP contribution in [0.4, 0.5) is 14.6 Å². The molecular weight excluding hydrogens is 682 g/mol. The molecule has 4 aliphatic rings. The van der Waals surface area contributed by atoms with Crippen LogP contribution in [-0.4, -0.2) is 94.3 Å². The Labute approximate surface area is 306 Å². The number of hydrogen-bond donors (Lipinski definition) is 2. The molecule has 0 spiro atoms. The number of pyridine rings is 1. The molecule has 11 nitrogen and oxygen atoms in total. The van der Waals surface area contributed by atoms with E-state index in [0.29, 0.717) is 30.6 Å². The molecule has 2 aliphatic carbocycles. The average Bonchev–Trinajstić information content (AvgIpc) is 3.47. The number of methoxy groups -OCH3 is 1. The number of rotatable bonds is 7. The summed E-state index contributed by atoms with van der Waals surface area (Å²) in [4.78, 5) is 18.5. The first kappa shape index (κ1) is 35.2. The van der Waals surface area contributed by atoms with Crippen molar-refractivity contribution < 1.29 is 33.2 Å². The Morgan fingerprint density at radius 1 is 1.11 bits per heavy atom. The van der Waals surface area contributed by atoms with Crippen molar-refractivity contribution in [2.45, 2.75) is 69.6 Å². The van der Waals surface area contributed by atoms with Gasteiger partial charge in [0.15, 0.2) is 5.82 Å². The van der Waals surface area contributed by atoms with Crippen molar-refractivity contribution in [2.24, 2.45) is 11.3 Å². The molecule has 2 saturated carbocycles. The number of aliphatic hydroxyl groups is 1. The molecule has 4 heterocycles. The number of β-amino-alcohol motifs (C(OH)–C–C–N with tert-alkyl or cyclic N) is 1. The molecule has 0 amide bonds. The number of nitrogens with zero attached hydrogens (tertiary/aromatic N) is 6. The fraction of sp³-hybridized carbons (Fsp3) is 0.500. The van der Waals surface area contributed by atoms with E-state index in [1.807, 2.05) is 0 Å². The first-order valence-corrected chi connectivity index (χ1v) is 18.3. The number of halogens is 2. The molecule has 0 radical (unpaired) electrons. The maximum atomic E-state index is 17.3. The van der Waals surface area contributed by atoms with Crippen LogP contribution in [0.2, 0.25) is 0 Å². The lowest BCUT2D eigenvalue weighted by Crippen LogP contribution is -2.58. The van der Waals surface area contributed by atoms with E-state index in [9.17, 15) is 15.5 Å². The zero-order valence-corrected chi connectivity index (χ0v) is 29.9. The third kappa shape index (κ3) is 6.15. The zero-order chi connectivity index (χ0) is 37.1. The monoisotopic (exact) mass is 724 g/mol. The first-order valence-electron chi connectivity index (χ1n) is 18.3. The average molecular weight is 725 g/mol. The Morgan fingerprint density at radius 3 is 2.70 bits per heavy atom. The number of aromatic nitrogens is 3. The molecular formula is C40H42F2N6O5. The highest BCUT2D eigenvalue weighted by Crippen LogP contribution is 2.51. The molecule has 0 bridgehead atoms. The topological polar surface area (TPSA) is 137 Å². The molecule has 2 saturated heterocycles. The summed E-state index contributed by atoms with van der Waals surface area (Å²) in [6.07, 6.45) is 12.6. The number of fused-ring (bicyclic) bond motifs is 3. The number of likely N-dealkylation sites (tertiary alicyclic amines) is 1. The van der Waals surface area contributed by atoms with Crippen molar-refractivity contribution in [3.05, 3.63) is 41.5 Å². The van der Waals surface area contributed by atoms with E-state index >= 15 is 8.78 Å². The molecule has 1 unspecified atom stereocenters. The van der Waals surface area contributed by atoms with Gasteiger partial charge in [-0.25, -0.2) is 13.8 Å². The van der Waals surface area contributed by atoms with Gasteiger partial charge < -0.3 is 29.3 Å². The van der Waals surface area contributed by atoms with Crippen LogP contribution >= 0.6 is 0 Å². The Balaban J connectivity index is 1.26. The molecule has 2 N–H and O–H groups in total. The highest BCUT2D eigenvalue weighted by Gasteiger charge is 2.51. The van der Waals surface area contributed by atoms with Crippen LogP contribution in [-0.2, 0) is 4.74 Å². The smallest absolute Gasteiger partial charge is 0.319 e. The summed E-state index contributed by atoms with van der Waals surface area (Å²) in [7, 11) is 1.39. The summed E-state index contributed by atoms with van der Waals surface area (Å²) in [5, 5.41) is 32.0. The van der Waals surface area contributed by atoms with Gasteiger partial charge in [-0.3, -0.25) is 4.90 Å². The molecule has 276 valence electrons. The fourth-order valence-corrected chi connectivity index (χ4v) is 9.21. The normalized spacial score (nSPS) is 27.5. The number of piperidine rings is 1. The van der Waals surface area contributed by atoms with Gasteiger partial charge in [0, 0.05) is 40.9 Å². The van der Waals surface area contributed by atoms with Gasteiger partial charge in [0.2, 0.25) is 5.88 Å². The van der Waals surface area contributed by atoms with Crippen LogP contribution in [0.25, 0.3) is 32.9 Å². The highest BCUT2D eigenvalue weighted by atomic mass is 19.1. The maximum Gasteiger partial charge on any atom is 0.319 e. The molecule has 3 atom stereocenters. The van der Waals surface area contributed by atoms with Crippen LogP contribution in [0.5, 0.6) is 17.6 Å². The summed E-state index contributed by atoms with van der Waals surface area (Å²) in [6.45, 7) is 3.79. The Morgan fingerprint density at radius 2 is 1.92 bits per heavy atom. The Kier molecular flexibility index (Phi) is 9.00. The van der Waals surface area contributed by atoms with E-state index in [4.69, 9.17) is 25.6 Å². The molecule has 8 rings (SSSR count). The third-order valence-corrected chi connectivity index (χ3v) is 11.7. The van der Waals surface area contributed by atoms with Gasteiger partial charge >= 0.3 is 6.01 Å². The van der Waals surface area contributed by atoms with E-state index in [-0.39, 0.29) is 87.7 Å². The summed E-state index contributed by atoms with van der Waals surface area (Å²) < 4.78 is 50.3. The lowest BCUT2D eigenvalue weighted by molar-refractivity contribution is -0.0472. The number of ether oxygens (including phenoxy) is 3. The van der Waals surface area contributed by atoms with Crippen molar-refractivity contribution in [3.8, 4) is 47.3 Å². The quantitative estimate of drug-likeness (QED) is 0.227. The predicted molar refractivity (Wildman–Crippen MR) is 194 cm³/mol. The van der Waals surface area contributed by atoms with Gasteiger partial charge in [-0.05, 0) is 75.6 Å². The van der Waals surface area contributed by atoms with Gasteiger partial charge in [-0.1, -0.05) is 18.4 Å². The number of terminal acetylenes is 1. The predicted octanol–water partition coefficient (Wildman–Crippen LogP) is 5.72. The van der Waals surface area contributed by atoms with Crippen LogP contribution in [0, 0.1) is 46.6 Å². The van der Waals surface area contributed by atoms with Gasteiger partial charge in [0.05, 0.1) is 45.1 Å². The minimum atomic E-state index is -1.25. The van der Waals surface area contributed by atoms with E-state index in [1.165, 1.54) is 31.4 Å². The van der Waals surface area contributed by atoms with Gasteiger partial charge in [0.25, 0.3) is 0 Å². The van der Waals surface area contributed by atoms with Crippen molar-refractivity contribution >= 4 is 27.5 Å². The molecule has 2 aliphatic heterocycles. The molecule has 53 heavy (non-hydrogen) atoms. The second kappa shape index (κ2) is 13.5. The van der Waals surface area contributed by atoms with Crippen molar-refractivity contribution in [3.63, 3.8) is 0 Å². The Hall–Kier alpha value is -4.82. The fourth-order valence-electron chi connectivity index (χ4n) is 9.21. The molecule has 4 aromatic rings. The highest BCUT2D eigenvalue weighted by molar-refractivity contribution is 6.04. The van der Waals surface area contributed by atoms with Gasteiger partial charge in [0.1, 0.15) is 39.6 Å².